The van der Waals surface area contributed by atoms with Crippen LogP contribution in [0.3, 0.4) is 0 Å². The predicted molar refractivity (Wildman–Crippen MR) is 49.5 cm³/mol. The molecule has 1 saturated heterocycles. The van der Waals surface area contributed by atoms with Crippen LogP contribution >= 0.6 is 0 Å². The number of hydrogen-bond acceptors (Lipinski definition) is 3. The summed E-state index contributed by atoms with van der Waals surface area (Å²) in [5, 5.41) is 0. The van der Waals surface area contributed by atoms with E-state index in [2.05, 4.69) is 9.55 Å². The Bertz CT molecular complexity index is 266. The highest BCUT2D eigenvalue weighted by atomic mass is 16.5. The van der Waals surface area contributed by atoms with Crippen molar-refractivity contribution in [2.45, 2.75) is 18.9 Å². The quantitative estimate of drug-likeness (QED) is 0.732. The largest absolute Gasteiger partial charge is 0.379 e. The molecule has 1 atom stereocenters. The molecule has 1 fully saturated rings. The van der Waals surface area contributed by atoms with E-state index in [-0.39, 0.29) is 0 Å². The minimum absolute atomic E-state index is 0.476. The van der Waals surface area contributed by atoms with Crippen molar-refractivity contribution in [1.29, 1.82) is 0 Å². The van der Waals surface area contributed by atoms with Gasteiger partial charge in [0.25, 0.3) is 0 Å². The molecule has 4 heteroatoms. The summed E-state index contributed by atoms with van der Waals surface area (Å²) in [6.45, 7) is 2.34. The molecule has 0 amide bonds. The summed E-state index contributed by atoms with van der Waals surface area (Å²) in [5.74, 6) is 1.08. The molecule has 2 rings (SSSR count). The highest BCUT2D eigenvalue weighted by Crippen LogP contribution is 2.20. The second-order valence-corrected chi connectivity index (χ2v) is 3.31. The maximum atomic E-state index is 5.50. The normalized spacial score (nSPS) is 22.4. The molecule has 0 aromatic carbocycles. The zero-order valence-electron chi connectivity index (χ0n) is 7.65. The molecule has 0 saturated carbocycles. The standard InChI is InChI=1S/C9H15N3O/c10-3-1-9-11-4-5-12(9)8-2-6-13-7-8/h4-5,8H,1-3,6-7,10H2. The van der Waals surface area contributed by atoms with Crippen LogP contribution in [0.4, 0.5) is 0 Å². The number of nitrogens with two attached hydrogens (primary N) is 1. The average Bonchev–Trinajstić information content (AvgIpc) is 2.71. The van der Waals surface area contributed by atoms with E-state index in [1.54, 1.807) is 0 Å². The molecule has 0 aliphatic carbocycles. The second-order valence-electron chi connectivity index (χ2n) is 3.31. The molecule has 1 aromatic heterocycles. The van der Waals surface area contributed by atoms with Gasteiger partial charge in [0, 0.05) is 25.4 Å². The smallest absolute Gasteiger partial charge is 0.110 e. The van der Waals surface area contributed by atoms with Gasteiger partial charge in [0.1, 0.15) is 5.82 Å². The van der Waals surface area contributed by atoms with Gasteiger partial charge in [0.15, 0.2) is 0 Å². The Morgan fingerprint density at radius 3 is 3.31 bits per heavy atom. The van der Waals surface area contributed by atoms with E-state index in [0.717, 1.165) is 31.9 Å². The summed E-state index contributed by atoms with van der Waals surface area (Å²) >= 11 is 0. The maximum absolute atomic E-state index is 5.50. The van der Waals surface area contributed by atoms with E-state index in [1.165, 1.54) is 0 Å². The summed E-state index contributed by atoms with van der Waals surface area (Å²) in [5.41, 5.74) is 5.50. The molecular weight excluding hydrogens is 166 g/mol. The van der Waals surface area contributed by atoms with Gasteiger partial charge >= 0.3 is 0 Å². The van der Waals surface area contributed by atoms with E-state index in [4.69, 9.17) is 10.5 Å². The Morgan fingerprint density at radius 2 is 2.62 bits per heavy atom. The lowest BCUT2D eigenvalue weighted by atomic mass is 10.2. The van der Waals surface area contributed by atoms with Crippen molar-refractivity contribution in [3.8, 4) is 0 Å². The van der Waals surface area contributed by atoms with Crippen molar-refractivity contribution in [3.63, 3.8) is 0 Å². The number of rotatable bonds is 3. The fraction of sp³-hybridized carbons (Fsp3) is 0.667. The molecule has 0 spiro atoms. The van der Waals surface area contributed by atoms with Crippen molar-refractivity contribution >= 4 is 0 Å². The third kappa shape index (κ3) is 1.73. The van der Waals surface area contributed by atoms with Gasteiger partial charge in [-0.2, -0.15) is 0 Å². The van der Waals surface area contributed by atoms with E-state index in [1.807, 2.05) is 12.4 Å². The number of imidazole rings is 1. The zero-order chi connectivity index (χ0) is 9.10. The monoisotopic (exact) mass is 181 g/mol. The van der Waals surface area contributed by atoms with Gasteiger partial charge in [0.2, 0.25) is 0 Å². The molecule has 4 nitrogen and oxygen atoms in total. The molecule has 2 N–H and O–H groups in total. The number of hydrogen-bond donors (Lipinski definition) is 1. The van der Waals surface area contributed by atoms with Crippen molar-refractivity contribution in [1.82, 2.24) is 9.55 Å². The molecule has 0 bridgehead atoms. The van der Waals surface area contributed by atoms with Crippen LogP contribution < -0.4 is 5.73 Å². The molecular formula is C9H15N3O. The lowest BCUT2D eigenvalue weighted by Crippen LogP contribution is -2.14. The number of nitrogens with zero attached hydrogens (tertiary/aromatic N) is 2. The van der Waals surface area contributed by atoms with E-state index < -0.39 is 0 Å². The van der Waals surface area contributed by atoms with E-state index >= 15 is 0 Å². The van der Waals surface area contributed by atoms with Gasteiger partial charge in [0.05, 0.1) is 12.6 Å². The maximum Gasteiger partial charge on any atom is 0.110 e. The first kappa shape index (κ1) is 8.72. The van der Waals surface area contributed by atoms with Crippen LogP contribution in [-0.4, -0.2) is 29.3 Å². The third-order valence-electron chi connectivity index (χ3n) is 2.42. The van der Waals surface area contributed by atoms with E-state index in [0.29, 0.717) is 12.6 Å². The lowest BCUT2D eigenvalue weighted by molar-refractivity contribution is 0.186. The highest BCUT2D eigenvalue weighted by molar-refractivity contribution is 4.96. The van der Waals surface area contributed by atoms with Crippen molar-refractivity contribution in [3.05, 3.63) is 18.2 Å². The van der Waals surface area contributed by atoms with Crippen LogP contribution in [-0.2, 0) is 11.2 Å². The number of aromatic nitrogens is 2. The Hall–Kier alpha value is -0.870. The van der Waals surface area contributed by atoms with Crippen LogP contribution in [0.15, 0.2) is 12.4 Å². The van der Waals surface area contributed by atoms with Gasteiger partial charge in [-0.3, -0.25) is 0 Å². The molecule has 1 aromatic rings. The molecule has 72 valence electrons. The molecule has 1 aliphatic rings. The Balaban J connectivity index is 2.13. The summed E-state index contributed by atoms with van der Waals surface area (Å²) in [4.78, 5) is 4.28. The summed E-state index contributed by atoms with van der Waals surface area (Å²) in [7, 11) is 0. The zero-order valence-corrected chi connectivity index (χ0v) is 7.65. The highest BCUT2D eigenvalue weighted by Gasteiger charge is 2.19. The Kier molecular flexibility index (Phi) is 2.61. The minimum Gasteiger partial charge on any atom is -0.379 e. The van der Waals surface area contributed by atoms with Gasteiger partial charge in [-0.05, 0) is 13.0 Å². The van der Waals surface area contributed by atoms with E-state index in [9.17, 15) is 0 Å². The summed E-state index contributed by atoms with van der Waals surface area (Å²) in [6.07, 6.45) is 5.80. The van der Waals surface area contributed by atoms with Crippen LogP contribution in [0.2, 0.25) is 0 Å². The first-order valence-electron chi connectivity index (χ1n) is 4.71. The van der Waals surface area contributed by atoms with Gasteiger partial charge < -0.3 is 15.0 Å². The molecule has 1 aliphatic heterocycles. The predicted octanol–water partition coefficient (Wildman–Crippen LogP) is 0.346. The van der Waals surface area contributed by atoms with Crippen LogP contribution in [0.1, 0.15) is 18.3 Å². The first-order valence-corrected chi connectivity index (χ1v) is 4.71. The van der Waals surface area contributed by atoms with Crippen LogP contribution in [0.25, 0.3) is 0 Å². The van der Waals surface area contributed by atoms with Gasteiger partial charge in [-0.15, -0.1) is 0 Å². The van der Waals surface area contributed by atoms with Crippen LogP contribution in [0.5, 0.6) is 0 Å². The van der Waals surface area contributed by atoms with Crippen molar-refractivity contribution in [2.24, 2.45) is 5.73 Å². The lowest BCUT2D eigenvalue weighted by Gasteiger charge is -2.12. The minimum atomic E-state index is 0.476. The molecule has 2 heterocycles. The summed E-state index contributed by atoms with van der Waals surface area (Å²) < 4.78 is 7.53. The fourth-order valence-corrected chi connectivity index (χ4v) is 1.74. The van der Waals surface area contributed by atoms with Crippen molar-refractivity contribution < 1.29 is 4.74 Å². The average molecular weight is 181 g/mol. The SMILES string of the molecule is NCCc1nccn1C1CCOC1. The topological polar surface area (TPSA) is 53.1 Å². The molecule has 1 unspecified atom stereocenters. The second kappa shape index (κ2) is 3.89. The first-order chi connectivity index (χ1) is 6.42. The Labute approximate surface area is 77.7 Å². The Morgan fingerprint density at radius 1 is 1.69 bits per heavy atom. The third-order valence-corrected chi connectivity index (χ3v) is 2.42. The fourth-order valence-electron chi connectivity index (χ4n) is 1.74. The van der Waals surface area contributed by atoms with Gasteiger partial charge in [-0.25, -0.2) is 4.98 Å². The molecule has 0 radical (unpaired) electrons. The van der Waals surface area contributed by atoms with Crippen molar-refractivity contribution in [2.75, 3.05) is 19.8 Å². The van der Waals surface area contributed by atoms with Gasteiger partial charge in [-0.1, -0.05) is 0 Å². The van der Waals surface area contributed by atoms with Crippen LogP contribution in [0, 0.1) is 0 Å². The number of ether oxygens (including phenoxy) is 1. The molecule has 13 heavy (non-hydrogen) atoms. The summed E-state index contributed by atoms with van der Waals surface area (Å²) in [6, 6.07) is 0.476.